The highest BCUT2D eigenvalue weighted by atomic mass is 16.6. The number of amides is 2. The van der Waals surface area contributed by atoms with Crippen molar-refractivity contribution in [2.75, 3.05) is 25.5 Å². The third kappa shape index (κ3) is 5.72. The molecule has 0 spiro atoms. The first kappa shape index (κ1) is 26.9. The zero-order valence-electron chi connectivity index (χ0n) is 20.4. The summed E-state index contributed by atoms with van der Waals surface area (Å²) in [7, 11) is 1.33. The van der Waals surface area contributed by atoms with Crippen LogP contribution in [0.5, 0.6) is 0 Å². The summed E-state index contributed by atoms with van der Waals surface area (Å²) in [5, 5.41) is 37.1. The number of likely N-dealkylation sites (N-methyl/N-ethyl adjacent to an activating group) is 1. The Labute approximate surface area is 217 Å². The van der Waals surface area contributed by atoms with Crippen molar-refractivity contribution in [3.8, 4) is 11.8 Å². The number of aliphatic hydroxyl groups excluding tert-OH is 3. The summed E-state index contributed by atoms with van der Waals surface area (Å²) in [6.45, 7) is 0.506. The van der Waals surface area contributed by atoms with Crippen LogP contribution in [0.4, 0.5) is 5.82 Å². The van der Waals surface area contributed by atoms with Crippen LogP contribution in [-0.2, 0) is 20.9 Å². The topological polar surface area (TPSA) is 201 Å². The lowest BCUT2D eigenvalue weighted by molar-refractivity contribution is -0.149. The number of aromatic nitrogens is 4. The summed E-state index contributed by atoms with van der Waals surface area (Å²) in [6, 6.07) is 7.52. The monoisotopic (exact) mass is 524 g/mol. The first-order valence-electron chi connectivity index (χ1n) is 11.7. The van der Waals surface area contributed by atoms with E-state index >= 15 is 0 Å². The molecule has 0 aliphatic carbocycles. The van der Waals surface area contributed by atoms with Crippen molar-refractivity contribution in [3.05, 3.63) is 48.0 Å². The van der Waals surface area contributed by atoms with Gasteiger partial charge in [0.25, 0.3) is 0 Å². The Morgan fingerprint density at radius 3 is 2.89 bits per heavy atom. The highest BCUT2D eigenvalue weighted by molar-refractivity contribution is 5.82. The lowest BCUT2D eigenvalue weighted by atomic mass is 10.1. The number of aliphatic hydroxyl groups is 3. The molecule has 4 rings (SSSR count). The molecule has 1 fully saturated rings. The number of ether oxygens (including phenoxy) is 1. The second kappa shape index (κ2) is 11.9. The number of carbonyl (C=O) groups excluding carboxylic acids is 2. The molecule has 1 aliphatic rings. The predicted molar refractivity (Wildman–Crippen MR) is 134 cm³/mol. The van der Waals surface area contributed by atoms with Gasteiger partial charge >= 0.3 is 0 Å². The van der Waals surface area contributed by atoms with Crippen molar-refractivity contribution in [1.82, 2.24) is 29.7 Å². The molecule has 2 amide bonds. The number of carbonyl (C=O) groups is 2. The molecule has 1 unspecified atom stereocenters. The maximum atomic E-state index is 11.2. The predicted octanol–water partition coefficient (Wildman–Crippen LogP) is -2.11. The van der Waals surface area contributed by atoms with Crippen LogP contribution in [0.1, 0.15) is 17.4 Å². The maximum absolute atomic E-state index is 11.2. The van der Waals surface area contributed by atoms with Crippen LogP contribution in [0, 0.1) is 11.8 Å². The minimum Gasteiger partial charge on any atom is -0.387 e. The molecule has 1 aromatic carbocycles. The molecule has 3 aromatic rings. The normalized spacial score (nSPS) is 21.4. The smallest absolute Gasteiger partial charge is 0.234 e. The second-order valence-corrected chi connectivity index (χ2v) is 8.54. The lowest BCUT2D eigenvalue weighted by Crippen LogP contribution is -2.46. The minimum atomic E-state index is -1.46. The Bertz CT molecular complexity index is 1350. The van der Waals surface area contributed by atoms with Crippen molar-refractivity contribution in [3.63, 3.8) is 0 Å². The van der Waals surface area contributed by atoms with Crippen LogP contribution in [0.2, 0.25) is 0 Å². The molecule has 0 bridgehead atoms. The van der Waals surface area contributed by atoms with Gasteiger partial charge in [0, 0.05) is 19.2 Å². The molecule has 3 heterocycles. The highest BCUT2D eigenvalue weighted by Crippen LogP contribution is 2.34. The summed E-state index contributed by atoms with van der Waals surface area (Å²) in [6.07, 6.45) is -3.57. The van der Waals surface area contributed by atoms with Crippen LogP contribution in [-0.4, -0.2) is 96.7 Å². The number of hydrogen-bond acceptors (Lipinski definition) is 11. The quantitative estimate of drug-likeness (QED) is 0.102. The summed E-state index contributed by atoms with van der Waals surface area (Å²) >= 11 is 0. The third-order valence-electron chi connectivity index (χ3n) is 5.96. The standard InChI is InChI=1S/C24H28N8O6/c1-31(13-33)23(37)20-18(35)19(36)24(38-20)32-12-30-17-21(28-11-29-22(17)32)27-10-15-5-2-4-14(8-15)6-3-7-26-16(34)9-25/h2,4-5,8,11-13,18-20,23-24,35-37H,7,9-10,25H2,1H3,(H,26,34)(H,27,28,29)/t18-,19+,20-,23?,24+/m0/s1. The van der Waals surface area contributed by atoms with E-state index in [1.54, 1.807) is 0 Å². The molecule has 14 heteroatoms. The van der Waals surface area contributed by atoms with E-state index in [-0.39, 0.29) is 19.0 Å². The Balaban J connectivity index is 1.47. The van der Waals surface area contributed by atoms with Gasteiger partial charge in [-0.15, -0.1) is 0 Å². The van der Waals surface area contributed by atoms with E-state index in [0.717, 1.165) is 16.0 Å². The SMILES string of the molecule is CN(C=O)C(O)[C@H]1O[C@@H](n2cnc3c(NCc4cccc(C#CCNC(=O)CN)c4)ncnc32)[C@H](O)[C@@H]1O. The average molecular weight is 525 g/mol. The van der Waals surface area contributed by atoms with E-state index in [1.165, 1.54) is 24.3 Å². The van der Waals surface area contributed by atoms with Crippen molar-refractivity contribution in [1.29, 1.82) is 0 Å². The fourth-order valence-corrected chi connectivity index (χ4v) is 3.93. The zero-order chi connectivity index (χ0) is 27.2. The van der Waals surface area contributed by atoms with Crippen LogP contribution >= 0.6 is 0 Å². The van der Waals surface area contributed by atoms with Gasteiger partial charge in [-0.05, 0) is 17.7 Å². The van der Waals surface area contributed by atoms with E-state index < -0.39 is 30.8 Å². The molecular weight excluding hydrogens is 496 g/mol. The van der Waals surface area contributed by atoms with Crippen molar-refractivity contribution in [2.45, 2.75) is 37.3 Å². The number of rotatable bonds is 9. The zero-order valence-corrected chi connectivity index (χ0v) is 20.4. The van der Waals surface area contributed by atoms with E-state index in [0.29, 0.717) is 29.9 Å². The molecule has 200 valence electrons. The molecule has 0 saturated carbocycles. The number of nitrogens with two attached hydrogens (primary N) is 1. The Hall–Kier alpha value is -4.13. The third-order valence-corrected chi connectivity index (χ3v) is 5.96. The highest BCUT2D eigenvalue weighted by Gasteiger charge is 2.48. The number of hydrogen-bond donors (Lipinski definition) is 6. The molecule has 1 saturated heterocycles. The van der Waals surface area contributed by atoms with Crippen molar-refractivity contribution in [2.24, 2.45) is 5.73 Å². The minimum absolute atomic E-state index is 0.0871. The summed E-state index contributed by atoms with van der Waals surface area (Å²) in [5.74, 6) is 6.01. The molecule has 7 N–H and O–H groups in total. The number of anilines is 1. The van der Waals surface area contributed by atoms with Gasteiger partial charge in [-0.1, -0.05) is 24.0 Å². The first-order valence-corrected chi connectivity index (χ1v) is 11.7. The lowest BCUT2D eigenvalue weighted by Gasteiger charge is -2.26. The molecule has 38 heavy (non-hydrogen) atoms. The van der Waals surface area contributed by atoms with E-state index in [1.807, 2.05) is 24.3 Å². The number of fused-ring (bicyclic) bond motifs is 1. The van der Waals surface area contributed by atoms with Crippen LogP contribution in [0.3, 0.4) is 0 Å². The van der Waals surface area contributed by atoms with Crippen molar-refractivity contribution >= 4 is 29.3 Å². The van der Waals surface area contributed by atoms with E-state index in [2.05, 4.69) is 37.4 Å². The molecule has 14 nitrogen and oxygen atoms in total. The largest absolute Gasteiger partial charge is 0.387 e. The van der Waals surface area contributed by atoms with Gasteiger partial charge in [0.15, 0.2) is 29.4 Å². The molecule has 1 aliphatic heterocycles. The number of nitrogens with zero attached hydrogens (tertiary/aromatic N) is 5. The van der Waals surface area contributed by atoms with Crippen LogP contribution in [0.25, 0.3) is 11.2 Å². The fourth-order valence-electron chi connectivity index (χ4n) is 3.93. The van der Waals surface area contributed by atoms with Gasteiger partial charge in [0.2, 0.25) is 12.3 Å². The van der Waals surface area contributed by atoms with Gasteiger partial charge in [-0.2, -0.15) is 0 Å². The number of benzene rings is 1. The van der Waals surface area contributed by atoms with Gasteiger partial charge in [-0.25, -0.2) is 15.0 Å². The molecule has 2 aromatic heterocycles. The Morgan fingerprint density at radius 2 is 2.13 bits per heavy atom. The van der Waals surface area contributed by atoms with Crippen LogP contribution in [0.15, 0.2) is 36.9 Å². The Kier molecular flexibility index (Phi) is 8.46. The van der Waals surface area contributed by atoms with Gasteiger partial charge < -0.3 is 41.3 Å². The number of imidazole rings is 1. The Morgan fingerprint density at radius 1 is 1.32 bits per heavy atom. The summed E-state index contributed by atoms with van der Waals surface area (Å²) < 4.78 is 7.15. The van der Waals surface area contributed by atoms with E-state index in [9.17, 15) is 24.9 Å². The second-order valence-electron chi connectivity index (χ2n) is 8.54. The molecular formula is C24H28N8O6. The van der Waals surface area contributed by atoms with E-state index in [4.69, 9.17) is 10.5 Å². The van der Waals surface area contributed by atoms with Gasteiger partial charge in [0.05, 0.1) is 19.4 Å². The van der Waals surface area contributed by atoms with Gasteiger partial charge in [-0.3, -0.25) is 14.2 Å². The maximum Gasteiger partial charge on any atom is 0.234 e. The van der Waals surface area contributed by atoms with Gasteiger partial charge in [0.1, 0.15) is 24.6 Å². The van der Waals surface area contributed by atoms with Crippen LogP contribution < -0.4 is 16.4 Å². The first-order chi connectivity index (χ1) is 18.3. The molecule has 0 radical (unpaired) electrons. The summed E-state index contributed by atoms with van der Waals surface area (Å²) in [4.78, 5) is 36.0. The number of nitrogens with one attached hydrogen (secondary N) is 2. The molecule has 5 atom stereocenters. The fraction of sp³-hybridized carbons (Fsp3) is 0.375. The summed E-state index contributed by atoms with van der Waals surface area (Å²) in [5.41, 5.74) is 7.67. The average Bonchev–Trinajstić information content (AvgIpc) is 3.50. The van der Waals surface area contributed by atoms with Crippen molar-refractivity contribution < 1.29 is 29.6 Å².